The highest BCUT2D eigenvalue weighted by Gasteiger charge is 2.21. The van der Waals surface area contributed by atoms with Crippen LogP contribution < -0.4 is 0 Å². The maximum Gasteiger partial charge on any atom is 0.164 e. The Bertz CT molecular complexity index is 3250. The minimum Gasteiger partial charge on any atom is -0.455 e. The van der Waals surface area contributed by atoms with E-state index < -0.39 is 0 Å². The minimum absolute atomic E-state index is 0.576. The molecular formula is C50H30N4O. The maximum atomic E-state index is 6.76. The topological polar surface area (TPSA) is 64.7 Å². The van der Waals surface area contributed by atoms with Gasteiger partial charge in [-0.05, 0) is 63.0 Å². The third-order valence-electron chi connectivity index (χ3n) is 10.5. The SMILES string of the molecule is c1ccc(-c2ccc(-c3nc(-c4ccccc4)nc(-c4ccc5nc(-c6cc7ccccc7c7ccccc67)c6c7ccccc7oc6c5c4)n3)cc2)cc1. The Morgan fingerprint density at radius 2 is 0.873 bits per heavy atom. The van der Waals surface area contributed by atoms with Gasteiger partial charge >= 0.3 is 0 Å². The molecule has 5 nitrogen and oxygen atoms in total. The predicted molar refractivity (Wildman–Crippen MR) is 225 cm³/mol. The first-order valence-electron chi connectivity index (χ1n) is 18.4. The van der Waals surface area contributed by atoms with Gasteiger partial charge in [0.15, 0.2) is 17.5 Å². The molecule has 0 N–H and O–H groups in total. The van der Waals surface area contributed by atoms with Crippen LogP contribution in [0, 0.1) is 0 Å². The number of benzene rings is 8. The molecule has 3 aromatic heterocycles. The molecule has 3 heterocycles. The molecule has 11 aromatic rings. The summed E-state index contributed by atoms with van der Waals surface area (Å²) in [6, 6.07) is 62.7. The van der Waals surface area contributed by atoms with E-state index in [1.54, 1.807) is 0 Å². The highest BCUT2D eigenvalue weighted by molar-refractivity contribution is 6.23. The number of nitrogens with zero attached hydrogens (tertiary/aromatic N) is 4. The van der Waals surface area contributed by atoms with Gasteiger partial charge < -0.3 is 4.42 Å². The number of para-hydroxylation sites is 1. The van der Waals surface area contributed by atoms with Crippen molar-refractivity contribution in [2.24, 2.45) is 0 Å². The number of fused-ring (bicyclic) bond motifs is 8. The number of hydrogen-bond acceptors (Lipinski definition) is 5. The molecule has 11 rings (SSSR count). The Balaban J connectivity index is 1.12. The first-order valence-corrected chi connectivity index (χ1v) is 18.4. The second-order valence-electron chi connectivity index (χ2n) is 13.8. The fraction of sp³-hybridized carbons (Fsp3) is 0. The van der Waals surface area contributed by atoms with Crippen molar-refractivity contribution in [3.05, 3.63) is 182 Å². The Hall–Kier alpha value is -7.50. The van der Waals surface area contributed by atoms with E-state index in [9.17, 15) is 0 Å². The van der Waals surface area contributed by atoms with E-state index in [-0.39, 0.29) is 0 Å². The fourth-order valence-corrected chi connectivity index (χ4v) is 7.84. The molecule has 0 radical (unpaired) electrons. The third kappa shape index (κ3) is 5.24. The van der Waals surface area contributed by atoms with E-state index in [1.807, 2.05) is 48.5 Å². The van der Waals surface area contributed by atoms with Crippen molar-refractivity contribution in [1.82, 2.24) is 19.9 Å². The van der Waals surface area contributed by atoms with Crippen LogP contribution in [-0.2, 0) is 0 Å². The third-order valence-corrected chi connectivity index (χ3v) is 10.5. The minimum atomic E-state index is 0.576. The van der Waals surface area contributed by atoms with Gasteiger partial charge in [-0.15, -0.1) is 0 Å². The molecule has 256 valence electrons. The van der Waals surface area contributed by atoms with Crippen LogP contribution in [0.2, 0.25) is 0 Å². The second-order valence-corrected chi connectivity index (χ2v) is 13.8. The summed E-state index contributed by atoms with van der Waals surface area (Å²) >= 11 is 0. The Morgan fingerprint density at radius 1 is 0.345 bits per heavy atom. The van der Waals surface area contributed by atoms with E-state index in [0.29, 0.717) is 17.5 Å². The van der Waals surface area contributed by atoms with E-state index >= 15 is 0 Å². The van der Waals surface area contributed by atoms with Gasteiger partial charge in [0, 0.05) is 33.0 Å². The normalized spacial score (nSPS) is 11.6. The molecule has 0 aliphatic heterocycles. The lowest BCUT2D eigenvalue weighted by Crippen LogP contribution is -2.00. The van der Waals surface area contributed by atoms with Crippen LogP contribution in [0.3, 0.4) is 0 Å². The van der Waals surface area contributed by atoms with Crippen molar-refractivity contribution in [2.75, 3.05) is 0 Å². The van der Waals surface area contributed by atoms with E-state index in [4.69, 9.17) is 24.4 Å². The molecule has 0 atom stereocenters. The van der Waals surface area contributed by atoms with E-state index in [1.165, 1.54) is 16.2 Å². The zero-order chi connectivity index (χ0) is 36.3. The van der Waals surface area contributed by atoms with Gasteiger partial charge in [0.2, 0.25) is 0 Å². The lowest BCUT2D eigenvalue weighted by molar-refractivity contribution is 0.672. The van der Waals surface area contributed by atoms with E-state index in [2.05, 4.69) is 133 Å². The van der Waals surface area contributed by atoms with E-state index in [0.717, 1.165) is 77.3 Å². The first-order chi connectivity index (χ1) is 27.2. The van der Waals surface area contributed by atoms with Crippen LogP contribution in [0.15, 0.2) is 186 Å². The lowest BCUT2D eigenvalue weighted by atomic mass is 9.93. The average molecular weight is 703 g/mol. The van der Waals surface area contributed by atoms with Crippen molar-refractivity contribution in [3.63, 3.8) is 0 Å². The molecule has 55 heavy (non-hydrogen) atoms. The molecule has 0 fully saturated rings. The van der Waals surface area contributed by atoms with Gasteiger partial charge in [-0.1, -0.05) is 152 Å². The van der Waals surface area contributed by atoms with Crippen molar-refractivity contribution >= 4 is 54.4 Å². The van der Waals surface area contributed by atoms with Crippen LogP contribution in [0.25, 0.3) is 111 Å². The number of rotatable bonds is 5. The summed E-state index contributed by atoms with van der Waals surface area (Å²) in [6.07, 6.45) is 0. The maximum absolute atomic E-state index is 6.76. The molecular weight excluding hydrogens is 673 g/mol. The van der Waals surface area contributed by atoms with Crippen LogP contribution in [-0.4, -0.2) is 19.9 Å². The summed E-state index contributed by atoms with van der Waals surface area (Å²) in [5.74, 6) is 1.79. The summed E-state index contributed by atoms with van der Waals surface area (Å²) in [5, 5.41) is 7.65. The highest BCUT2D eigenvalue weighted by atomic mass is 16.3. The molecule has 5 heteroatoms. The van der Waals surface area contributed by atoms with Gasteiger partial charge in [0.25, 0.3) is 0 Å². The van der Waals surface area contributed by atoms with Crippen LogP contribution in [0.4, 0.5) is 0 Å². The number of hydrogen-bond donors (Lipinski definition) is 0. The van der Waals surface area contributed by atoms with Gasteiger partial charge in [0.05, 0.1) is 16.6 Å². The van der Waals surface area contributed by atoms with Crippen molar-refractivity contribution in [3.8, 4) is 56.5 Å². The molecule has 8 aromatic carbocycles. The zero-order valence-electron chi connectivity index (χ0n) is 29.5. The fourth-order valence-electron chi connectivity index (χ4n) is 7.84. The largest absolute Gasteiger partial charge is 0.455 e. The summed E-state index contributed by atoms with van der Waals surface area (Å²) in [4.78, 5) is 20.6. The first kappa shape index (κ1) is 31.1. The second kappa shape index (κ2) is 12.6. The molecule has 0 spiro atoms. The molecule has 0 saturated carbocycles. The number of aromatic nitrogens is 4. The quantitative estimate of drug-likeness (QED) is 0.167. The molecule has 0 saturated heterocycles. The van der Waals surface area contributed by atoms with Gasteiger partial charge in [0.1, 0.15) is 11.2 Å². The summed E-state index contributed by atoms with van der Waals surface area (Å²) in [6.45, 7) is 0. The Labute approximate surface area is 316 Å². The molecule has 0 amide bonds. The predicted octanol–water partition coefficient (Wildman–Crippen LogP) is 13.0. The summed E-state index contributed by atoms with van der Waals surface area (Å²) in [5.41, 5.74) is 9.38. The monoisotopic (exact) mass is 702 g/mol. The standard InChI is InChI=1S/C50H30N4O/c1-3-13-31(14-4-1)32-23-25-34(26-24-32)49-52-48(33-15-5-2-6-16-33)53-50(54-49)36-27-28-43-42(30-36)47-45(40-21-11-12-22-44(40)55-47)46(51-43)41-29-35-17-7-8-18-37(35)38-19-9-10-20-39(38)41/h1-30H. The average Bonchev–Trinajstić information content (AvgIpc) is 3.66. The van der Waals surface area contributed by atoms with Crippen LogP contribution in [0.1, 0.15) is 0 Å². The van der Waals surface area contributed by atoms with Crippen molar-refractivity contribution in [2.45, 2.75) is 0 Å². The molecule has 0 aliphatic carbocycles. The van der Waals surface area contributed by atoms with Gasteiger partial charge in [-0.25, -0.2) is 19.9 Å². The molecule has 0 aliphatic rings. The number of furan rings is 1. The van der Waals surface area contributed by atoms with Crippen LogP contribution in [0.5, 0.6) is 0 Å². The smallest absolute Gasteiger partial charge is 0.164 e. The summed E-state index contributed by atoms with van der Waals surface area (Å²) < 4.78 is 6.76. The van der Waals surface area contributed by atoms with Crippen molar-refractivity contribution in [1.29, 1.82) is 0 Å². The van der Waals surface area contributed by atoms with Crippen molar-refractivity contribution < 1.29 is 4.42 Å². The lowest BCUT2D eigenvalue weighted by Gasteiger charge is -2.13. The number of pyridine rings is 1. The zero-order valence-corrected chi connectivity index (χ0v) is 29.5. The molecule has 0 unspecified atom stereocenters. The van der Waals surface area contributed by atoms with Crippen LogP contribution >= 0.6 is 0 Å². The Kier molecular flexibility index (Phi) is 7.10. The highest BCUT2D eigenvalue weighted by Crippen LogP contribution is 2.43. The van der Waals surface area contributed by atoms with Gasteiger partial charge in [-0.2, -0.15) is 0 Å². The molecule has 0 bridgehead atoms. The Morgan fingerprint density at radius 3 is 1.62 bits per heavy atom. The van der Waals surface area contributed by atoms with Gasteiger partial charge in [-0.3, -0.25) is 0 Å². The summed E-state index contributed by atoms with van der Waals surface area (Å²) in [7, 11) is 0.